The number of azo groups is 1. The average Bonchev–Trinajstić information content (AvgIpc) is 2.96. The van der Waals surface area contributed by atoms with Crippen LogP contribution in [0.2, 0.25) is 0 Å². The van der Waals surface area contributed by atoms with E-state index in [4.69, 9.17) is 0 Å². The van der Waals surface area contributed by atoms with Gasteiger partial charge in [-0.2, -0.15) is 28.7 Å². The van der Waals surface area contributed by atoms with E-state index in [9.17, 15) is 18.4 Å². The summed E-state index contributed by atoms with van der Waals surface area (Å²) in [4.78, 5) is 0.580. The first-order valence-electron chi connectivity index (χ1n) is 7.30. The van der Waals surface area contributed by atoms with Crippen LogP contribution in [0.25, 0.3) is 0 Å². The molecule has 1 unspecified atom stereocenters. The number of hydrogen-bond acceptors (Lipinski definition) is 4. The molecule has 7 heteroatoms. The average molecular weight is 337 g/mol. The van der Waals surface area contributed by atoms with Gasteiger partial charge in [0.2, 0.25) is 5.54 Å². The molecule has 1 aromatic carbocycles. The number of halogens is 3. The molecule has 1 aliphatic carbocycles. The Hall–Kier alpha value is -1.81. The van der Waals surface area contributed by atoms with Gasteiger partial charge in [-0.25, -0.2) is 0 Å². The molecule has 0 spiro atoms. The zero-order valence-electron chi connectivity index (χ0n) is 12.2. The molecular weight excluding hydrogens is 323 g/mol. The van der Waals surface area contributed by atoms with E-state index in [-0.39, 0.29) is 5.56 Å². The van der Waals surface area contributed by atoms with Crippen molar-refractivity contribution in [3.8, 4) is 6.07 Å². The molecule has 1 fully saturated rings. The molecule has 1 heterocycles. The maximum Gasteiger partial charge on any atom is 0.423 e. The molecule has 2 aliphatic rings. The number of alkyl halides is 3. The second-order valence-electron chi connectivity index (χ2n) is 5.73. The number of nitrogens with zero attached hydrogens (tertiary/aromatic N) is 3. The SMILES string of the molecule is N#Cc1ccc(C2(C(F)(F)F)C=CN=N2)cc1SCC1CCC1. The minimum Gasteiger partial charge on any atom is -0.192 e. The fourth-order valence-electron chi connectivity index (χ4n) is 2.61. The highest BCUT2D eigenvalue weighted by Gasteiger charge is 2.56. The summed E-state index contributed by atoms with van der Waals surface area (Å²) in [5, 5.41) is 16.0. The number of hydrogen-bond donors (Lipinski definition) is 0. The predicted octanol–water partition coefficient (Wildman–Crippen LogP) is 5.19. The molecule has 0 saturated heterocycles. The molecule has 1 aromatic rings. The molecule has 3 rings (SSSR count). The lowest BCUT2D eigenvalue weighted by Crippen LogP contribution is -2.37. The Balaban J connectivity index is 1.95. The van der Waals surface area contributed by atoms with Crippen molar-refractivity contribution >= 4 is 11.8 Å². The van der Waals surface area contributed by atoms with E-state index in [1.54, 1.807) is 0 Å². The molecule has 23 heavy (non-hydrogen) atoms. The van der Waals surface area contributed by atoms with E-state index in [1.165, 1.54) is 36.4 Å². The molecule has 1 atom stereocenters. The van der Waals surface area contributed by atoms with Crippen molar-refractivity contribution in [3.05, 3.63) is 41.6 Å². The minimum absolute atomic E-state index is 0.00221. The minimum atomic E-state index is -4.58. The number of benzene rings is 1. The Morgan fingerprint density at radius 2 is 2.13 bits per heavy atom. The van der Waals surface area contributed by atoms with E-state index in [0.717, 1.165) is 30.9 Å². The summed E-state index contributed by atoms with van der Waals surface area (Å²) in [6.07, 6.45) is 0.948. The largest absolute Gasteiger partial charge is 0.423 e. The van der Waals surface area contributed by atoms with Gasteiger partial charge in [0.25, 0.3) is 0 Å². The van der Waals surface area contributed by atoms with Crippen LogP contribution < -0.4 is 0 Å². The first-order chi connectivity index (χ1) is 11.0. The van der Waals surface area contributed by atoms with Gasteiger partial charge in [-0.05, 0) is 42.5 Å². The second kappa shape index (κ2) is 6.00. The van der Waals surface area contributed by atoms with Crippen LogP contribution in [-0.2, 0) is 5.54 Å². The van der Waals surface area contributed by atoms with Crippen LogP contribution in [-0.4, -0.2) is 11.9 Å². The maximum atomic E-state index is 13.5. The molecule has 0 amide bonds. The maximum absolute atomic E-state index is 13.5. The lowest BCUT2D eigenvalue weighted by atomic mass is 9.87. The first kappa shape index (κ1) is 16.1. The quantitative estimate of drug-likeness (QED) is 0.710. The smallest absolute Gasteiger partial charge is 0.192 e. The number of rotatable bonds is 4. The van der Waals surface area contributed by atoms with Gasteiger partial charge in [0, 0.05) is 16.8 Å². The number of nitriles is 1. The summed E-state index contributed by atoms with van der Waals surface area (Å²) in [7, 11) is 0. The van der Waals surface area contributed by atoms with Crippen LogP contribution in [0.3, 0.4) is 0 Å². The molecule has 0 radical (unpaired) electrons. The van der Waals surface area contributed by atoms with Crippen molar-refractivity contribution in [1.82, 2.24) is 0 Å². The van der Waals surface area contributed by atoms with Gasteiger partial charge in [-0.15, -0.1) is 11.8 Å². The van der Waals surface area contributed by atoms with E-state index < -0.39 is 11.7 Å². The standard InChI is InChI=1S/C16H14F3N3S/c17-16(18,19)15(6-7-21-22-15)13-5-4-12(9-20)14(8-13)23-10-11-2-1-3-11/h4-8,11H,1-3,10H2. The van der Waals surface area contributed by atoms with Crippen molar-refractivity contribution < 1.29 is 13.2 Å². The second-order valence-corrected chi connectivity index (χ2v) is 6.79. The summed E-state index contributed by atoms with van der Waals surface area (Å²) in [6, 6.07) is 6.24. The molecule has 0 bridgehead atoms. The van der Waals surface area contributed by atoms with Crippen molar-refractivity contribution in [2.24, 2.45) is 16.1 Å². The van der Waals surface area contributed by atoms with E-state index in [1.807, 2.05) is 0 Å². The van der Waals surface area contributed by atoms with E-state index in [2.05, 4.69) is 16.3 Å². The summed E-state index contributed by atoms with van der Waals surface area (Å²) in [6.45, 7) is 0. The Morgan fingerprint density at radius 3 is 2.65 bits per heavy atom. The molecule has 1 saturated carbocycles. The van der Waals surface area contributed by atoms with E-state index in [0.29, 0.717) is 16.4 Å². The molecule has 120 valence electrons. The summed E-state index contributed by atoms with van der Waals surface area (Å²) >= 11 is 1.45. The summed E-state index contributed by atoms with van der Waals surface area (Å²) < 4.78 is 40.6. The highest BCUT2D eigenvalue weighted by molar-refractivity contribution is 7.99. The lowest BCUT2D eigenvalue weighted by Gasteiger charge is -2.27. The van der Waals surface area contributed by atoms with Gasteiger partial charge in [0.15, 0.2) is 0 Å². The Kier molecular flexibility index (Phi) is 4.19. The van der Waals surface area contributed by atoms with Crippen LogP contribution in [0.5, 0.6) is 0 Å². The third-order valence-electron chi connectivity index (χ3n) is 4.27. The Labute approximate surface area is 136 Å². The topological polar surface area (TPSA) is 48.5 Å². The van der Waals surface area contributed by atoms with Crippen LogP contribution >= 0.6 is 11.8 Å². The van der Waals surface area contributed by atoms with Gasteiger partial charge in [0.05, 0.1) is 5.56 Å². The van der Waals surface area contributed by atoms with Crippen molar-refractivity contribution in [3.63, 3.8) is 0 Å². The van der Waals surface area contributed by atoms with Crippen LogP contribution in [0, 0.1) is 17.2 Å². The summed E-state index contributed by atoms with van der Waals surface area (Å²) in [5.41, 5.74) is -2.04. The molecule has 1 aliphatic heterocycles. The Morgan fingerprint density at radius 1 is 1.35 bits per heavy atom. The normalized spacial score (nSPS) is 23.7. The van der Waals surface area contributed by atoms with Crippen LogP contribution in [0.4, 0.5) is 13.2 Å². The lowest BCUT2D eigenvalue weighted by molar-refractivity contribution is -0.174. The van der Waals surface area contributed by atoms with Crippen LogP contribution in [0.1, 0.15) is 30.4 Å². The van der Waals surface area contributed by atoms with Gasteiger partial charge < -0.3 is 0 Å². The van der Waals surface area contributed by atoms with Crippen molar-refractivity contribution in [2.45, 2.75) is 35.9 Å². The van der Waals surface area contributed by atoms with E-state index >= 15 is 0 Å². The van der Waals surface area contributed by atoms with Crippen molar-refractivity contribution in [1.29, 1.82) is 5.26 Å². The summed E-state index contributed by atoms with van der Waals surface area (Å²) in [5.74, 6) is 1.42. The fourth-order valence-corrected chi connectivity index (χ4v) is 3.83. The molecule has 0 N–H and O–H groups in total. The third kappa shape index (κ3) is 2.88. The van der Waals surface area contributed by atoms with Gasteiger partial charge >= 0.3 is 6.18 Å². The first-order valence-corrected chi connectivity index (χ1v) is 8.29. The molecule has 3 nitrogen and oxygen atoms in total. The fraction of sp³-hybridized carbons (Fsp3) is 0.438. The molecular formula is C16H14F3N3S. The third-order valence-corrected chi connectivity index (χ3v) is 5.56. The van der Waals surface area contributed by atoms with Gasteiger partial charge in [0.1, 0.15) is 6.07 Å². The predicted molar refractivity (Wildman–Crippen MR) is 81.0 cm³/mol. The van der Waals surface area contributed by atoms with Gasteiger partial charge in [-0.1, -0.05) is 12.5 Å². The Bertz CT molecular complexity index is 688. The van der Waals surface area contributed by atoms with Gasteiger partial charge in [-0.3, -0.25) is 0 Å². The monoisotopic (exact) mass is 337 g/mol. The highest BCUT2D eigenvalue weighted by Crippen LogP contribution is 2.47. The number of thioether (sulfide) groups is 1. The zero-order chi connectivity index (χ0) is 16.5. The molecule has 0 aromatic heterocycles. The zero-order valence-corrected chi connectivity index (χ0v) is 13.0. The highest BCUT2D eigenvalue weighted by atomic mass is 32.2. The van der Waals surface area contributed by atoms with Crippen molar-refractivity contribution in [2.75, 3.05) is 5.75 Å². The van der Waals surface area contributed by atoms with Crippen LogP contribution in [0.15, 0.2) is 45.6 Å².